The number of ether oxygens (including phenoxy) is 3. The van der Waals surface area contributed by atoms with E-state index in [1.807, 2.05) is 0 Å². The van der Waals surface area contributed by atoms with E-state index in [2.05, 4.69) is 0 Å². The van der Waals surface area contributed by atoms with Crippen molar-refractivity contribution in [1.82, 2.24) is 9.80 Å². The van der Waals surface area contributed by atoms with E-state index < -0.39 is 5.97 Å². The fourth-order valence-electron chi connectivity index (χ4n) is 2.80. The zero-order valence-electron chi connectivity index (χ0n) is 15.8. The molecule has 8 heteroatoms. The van der Waals surface area contributed by atoms with Crippen LogP contribution in [-0.4, -0.2) is 80.7 Å². The summed E-state index contributed by atoms with van der Waals surface area (Å²) in [7, 11) is 1.58. The highest BCUT2D eigenvalue weighted by Gasteiger charge is 2.23. The van der Waals surface area contributed by atoms with Crippen LogP contribution in [0.3, 0.4) is 0 Å². The highest BCUT2D eigenvalue weighted by Crippen LogP contribution is 2.16. The van der Waals surface area contributed by atoms with Gasteiger partial charge in [0.05, 0.1) is 13.2 Å². The molecule has 1 aliphatic rings. The molecule has 0 N–H and O–H groups in total. The fraction of sp³-hybridized carbons (Fsp3) is 0.526. The quantitative estimate of drug-likeness (QED) is 0.399. The second kappa shape index (κ2) is 10.6. The maximum Gasteiger partial charge on any atom is 0.308 e. The molecule has 0 bridgehead atoms. The molecule has 0 saturated carbocycles. The van der Waals surface area contributed by atoms with Gasteiger partial charge in [0.25, 0.3) is 5.91 Å². The van der Waals surface area contributed by atoms with Crippen LogP contribution in [0.25, 0.3) is 0 Å². The monoisotopic (exact) mass is 378 g/mol. The van der Waals surface area contributed by atoms with Crippen LogP contribution in [0.15, 0.2) is 24.3 Å². The molecule has 0 aliphatic carbocycles. The first kappa shape index (κ1) is 20.9. The highest BCUT2D eigenvalue weighted by molar-refractivity contribution is 5.94. The number of hydrogen-bond donors (Lipinski definition) is 0. The summed E-state index contributed by atoms with van der Waals surface area (Å²) in [6.07, 6.45) is 0.694. The zero-order valence-corrected chi connectivity index (χ0v) is 15.8. The molecule has 1 aromatic carbocycles. The van der Waals surface area contributed by atoms with Crippen molar-refractivity contribution in [3.63, 3.8) is 0 Å². The molecule has 0 spiro atoms. The Balaban J connectivity index is 1.90. The van der Waals surface area contributed by atoms with Gasteiger partial charge in [0.15, 0.2) is 0 Å². The Morgan fingerprint density at radius 2 is 1.78 bits per heavy atom. The smallest absolute Gasteiger partial charge is 0.308 e. The lowest BCUT2D eigenvalue weighted by Gasteiger charge is -2.22. The first-order valence-corrected chi connectivity index (χ1v) is 8.93. The summed E-state index contributed by atoms with van der Waals surface area (Å²) in [6.45, 7) is 4.20. The van der Waals surface area contributed by atoms with E-state index >= 15 is 0 Å². The van der Waals surface area contributed by atoms with Crippen LogP contribution in [0.4, 0.5) is 0 Å². The number of esters is 1. The zero-order chi connectivity index (χ0) is 19.6. The van der Waals surface area contributed by atoms with Gasteiger partial charge >= 0.3 is 5.97 Å². The second-order valence-corrected chi connectivity index (χ2v) is 6.19. The summed E-state index contributed by atoms with van der Waals surface area (Å²) in [6, 6.07) is 6.55. The SMILES string of the molecule is COCCOCC(=O)N1CCCN(C(=O)c2cccc(OC(C)=O)c2)CC1. The van der Waals surface area contributed by atoms with Gasteiger partial charge in [-0.05, 0) is 24.6 Å². The van der Waals surface area contributed by atoms with E-state index in [1.165, 1.54) is 6.92 Å². The molecule has 1 heterocycles. The van der Waals surface area contributed by atoms with E-state index in [1.54, 1.807) is 41.2 Å². The van der Waals surface area contributed by atoms with Crippen molar-refractivity contribution in [2.45, 2.75) is 13.3 Å². The maximum absolute atomic E-state index is 12.8. The van der Waals surface area contributed by atoms with Crippen molar-refractivity contribution in [2.24, 2.45) is 0 Å². The number of amides is 2. The third-order valence-electron chi connectivity index (χ3n) is 4.14. The minimum Gasteiger partial charge on any atom is -0.427 e. The van der Waals surface area contributed by atoms with Crippen LogP contribution in [0, 0.1) is 0 Å². The fourth-order valence-corrected chi connectivity index (χ4v) is 2.80. The third kappa shape index (κ3) is 6.65. The summed E-state index contributed by atoms with van der Waals surface area (Å²) in [4.78, 5) is 39.5. The molecular formula is C19H26N2O6. The van der Waals surface area contributed by atoms with Crippen molar-refractivity contribution in [3.05, 3.63) is 29.8 Å². The molecule has 1 saturated heterocycles. The molecule has 2 amide bonds. The largest absolute Gasteiger partial charge is 0.427 e. The normalized spacial score (nSPS) is 14.6. The first-order chi connectivity index (χ1) is 13.0. The lowest BCUT2D eigenvalue weighted by molar-refractivity contribution is -0.136. The lowest BCUT2D eigenvalue weighted by atomic mass is 10.2. The van der Waals surface area contributed by atoms with Crippen molar-refractivity contribution in [3.8, 4) is 5.75 Å². The first-order valence-electron chi connectivity index (χ1n) is 8.93. The molecule has 8 nitrogen and oxygen atoms in total. The molecular weight excluding hydrogens is 352 g/mol. The molecule has 2 rings (SSSR count). The number of carbonyl (C=O) groups is 3. The van der Waals surface area contributed by atoms with Gasteiger partial charge in [-0.2, -0.15) is 0 Å². The molecule has 148 valence electrons. The molecule has 0 radical (unpaired) electrons. The van der Waals surface area contributed by atoms with E-state index in [9.17, 15) is 14.4 Å². The summed E-state index contributed by atoms with van der Waals surface area (Å²) in [5.74, 6) is -0.323. The maximum atomic E-state index is 12.8. The second-order valence-electron chi connectivity index (χ2n) is 6.19. The van der Waals surface area contributed by atoms with Crippen molar-refractivity contribution >= 4 is 17.8 Å². The standard InChI is InChI=1S/C19H26N2O6/c1-15(22)27-17-6-3-5-16(13-17)19(24)21-8-4-7-20(9-10-21)18(23)14-26-12-11-25-2/h3,5-6,13H,4,7-12,14H2,1-2H3. The number of rotatable bonds is 7. The molecule has 1 fully saturated rings. The molecule has 1 aliphatic heterocycles. The average Bonchev–Trinajstić information content (AvgIpc) is 2.90. The highest BCUT2D eigenvalue weighted by atomic mass is 16.5. The van der Waals surface area contributed by atoms with Crippen LogP contribution in [-0.2, 0) is 19.1 Å². The van der Waals surface area contributed by atoms with Crippen molar-refractivity contribution in [2.75, 3.05) is 53.1 Å². The van der Waals surface area contributed by atoms with Gasteiger partial charge in [-0.15, -0.1) is 0 Å². The molecule has 0 unspecified atom stereocenters. The van der Waals surface area contributed by atoms with Crippen LogP contribution in [0.5, 0.6) is 5.75 Å². The van der Waals surface area contributed by atoms with Gasteiger partial charge in [-0.1, -0.05) is 6.07 Å². The van der Waals surface area contributed by atoms with Gasteiger partial charge in [0, 0.05) is 45.8 Å². The van der Waals surface area contributed by atoms with Gasteiger partial charge in [-0.25, -0.2) is 0 Å². The van der Waals surface area contributed by atoms with E-state index in [-0.39, 0.29) is 18.4 Å². The molecule has 1 aromatic rings. The summed E-state index contributed by atoms with van der Waals surface area (Å²) < 4.78 is 15.2. The summed E-state index contributed by atoms with van der Waals surface area (Å²) >= 11 is 0. The Morgan fingerprint density at radius 1 is 1.04 bits per heavy atom. The topological polar surface area (TPSA) is 85.4 Å². The molecule has 27 heavy (non-hydrogen) atoms. The number of nitrogens with zero attached hydrogens (tertiary/aromatic N) is 2. The predicted molar refractivity (Wildman–Crippen MR) is 97.5 cm³/mol. The Labute approximate surface area is 159 Å². The number of methoxy groups -OCH3 is 1. The Hall–Kier alpha value is -2.45. The Bertz CT molecular complexity index is 663. The minimum atomic E-state index is -0.434. The molecule has 0 atom stereocenters. The average molecular weight is 378 g/mol. The Kier molecular flexibility index (Phi) is 8.22. The molecule has 0 aromatic heterocycles. The van der Waals surface area contributed by atoms with Crippen LogP contribution in [0.2, 0.25) is 0 Å². The van der Waals surface area contributed by atoms with Gasteiger partial charge < -0.3 is 24.0 Å². The predicted octanol–water partition coefficient (Wildman–Crippen LogP) is 0.949. The summed E-state index contributed by atoms with van der Waals surface area (Å²) in [5, 5.41) is 0. The number of hydrogen-bond acceptors (Lipinski definition) is 6. The van der Waals surface area contributed by atoms with E-state index in [0.29, 0.717) is 57.1 Å². The van der Waals surface area contributed by atoms with Gasteiger partial charge in [0.2, 0.25) is 5.91 Å². The third-order valence-corrected chi connectivity index (χ3v) is 4.14. The van der Waals surface area contributed by atoms with Crippen LogP contribution in [0.1, 0.15) is 23.7 Å². The number of benzene rings is 1. The van der Waals surface area contributed by atoms with Gasteiger partial charge in [-0.3, -0.25) is 14.4 Å². The van der Waals surface area contributed by atoms with Crippen LogP contribution >= 0.6 is 0 Å². The van der Waals surface area contributed by atoms with Gasteiger partial charge in [0.1, 0.15) is 12.4 Å². The van der Waals surface area contributed by atoms with E-state index in [4.69, 9.17) is 14.2 Å². The minimum absolute atomic E-state index is 0.0156. The summed E-state index contributed by atoms with van der Waals surface area (Å²) in [5.41, 5.74) is 0.455. The lowest BCUT2D eigenvalue weighted by Crippen LogP contribution is -2.39. The van der Waals surface area contributed by atoms with E-state index in [0.717, 1.165) is 0 Å². The number of carbonyl (C=O) groups excluding carboxylic acids is 3. The van der Waals surface area contributed by atoms with Crippen molar-refractivity contribution in [1.29, 1.82) is 0 Å². The van der Waals surface area contributed by atoms with Crippen molar-refractivity contribution < 1.29 is 28.6 Å². The Morgan fingerprint density at radius 3 is 2.52 bits per heavy atom. The van der Waals surface area contributed by atoms with Crippen LogP contribution < -0.4 is 4.74 Å².